The first-order valence-corrected chi connectivity index (χ1v) is 4.07. The van der Waals surface area contributed by atoms with E-state index in [9.17, 15) is 0 Å². The average molecular weight is 139 g/mol. The standard InChI is InChI=1S/C9H20B/c1-8(2,3)7-9(4,5)10-6/h7H2,1-6H3. The van der Waals surface area contributed by atoms with Gasteiger partial charge in [0.2, 0.25) is 0 Å². The Morgan fingerprint density at radius 2 is 1.40 bits per heavy atom. The molecule has 0 amide bonds. The van der Waals surface area contributed by atoms with Crippen LogP contribution in [0.5, 0.6) is 0 Å². The van der Waals surface area contributed by atoms with Crippen LogP contribution in [-0.4, -0.2) is 7.28 Å². The molecule has 59 valence electrons. The molecule has 1 heteroatoms. The summed E-state index contributed by atoms with van der Waals surface area (Å²) in [6, 6.07) is 0. The van der Waals surface area contributed by atoms with Crippen molar-refractivity contribution in [3.8, 4) is 0 Å². The van der Waals surface area contributed by atoms with Crippen LogP contribution in [0.1, 0.15) is 41.0 Å². The molecule has 0 saturated heterocycles. The van der Waals surface area contributed by atoms with Crippen molar-refractivity contribution >= 4 is 7.28 Å². The molecule has 0 nitrogen and oxygen atoms in total. The highest BCUT2D eigenvalue weighted by atomic mass is 14.2. The van der Waals surface area contributed by atoms with Gasteiger partial charge in [-0.05, 0) is 5.41 Å². The van der Waals surface area contributed by atoms with Gasteiger partial charge in [-0.1, -0.05) is 53.2 Å². The molecule has 0 bridgehead atoms. The van der Waals surface area contributed by atoms with Crippen LogP contribution in [0, 0.1) is 5.41 Å². The lowest BCUT2D eigenvalue weighted by Crippen LogP contribution is -2.18. The van der Waals surface area contributed by atoms with E-state index < -0.39 is 0 Å². The monoisotopic (exact) mass is 139 g/mol. The van der Waals surface area contributed by atoms with E-state index >= 15 is 0 Å². The van der Waals surface area contributed by atoms with Crippen LogP contribution in [0.4, 0.5) is 0 Å². The largest absolute Gasteiger partial charge is 0.113 e. The molecular weight excluding hydrogens is 119 g/mol. The summed E-state index contributed by atoms with van der Waals surface area (Å²) in [6.07, 6.45) is 1.26. The second kappa shape index (κ2) is 2.98. The van der Waals surface area contributed by atoms with E-state index in [0.29, 0.717) is 10.7 Å². The van der Waals surface area contributed by atoms with E-state index in [0.717, 1.165) is 0 Å². The Bertz CT molecular complexity index is 97.8. The summed E-state index contributed by atoms with van der Waals surface area (Å²) < 4.78 is 0. The van der Waals surface area contributed by atoms with Gasteiger partial charge < -0.3 is 0 Å². The maximum Gasteiger partial charge on any atom is 0.113 e. The SMILES string of the molecule is C[B]C(C)(C)CC(C)(C)C. The summed E-state index contributed by atoms with van der Waals surface area (Å²) in [5, 5.41) is 0.401. The fraction of sp³-hybridized carbons (Fsp3) is 1.00. The van der Waals surface area contributed by atoms with Crippen LogP contribution in [0.2, 0.25) is 12.1 Å². The van der Waals surface area contributed by atoms with Gasteiger partial charge in [0, 0.05) is 0 Å². The van der Waals surface area contributed by atoms with E-state index in [4.69, 9.17) is 0 Å². The lowest BCUT2D eigenvalue weighted by Gasteiger charge is -2.31. The zero-order valence-corrected chi connectivity index (χ0v) is 8.28. The zero-order valence-electron chi connectivity index (χ0n) is 8.28. The van der Waals surface area contributed by atoms with Crippen LogP contribution >= 0.6 is 0 Å². The van der Waals surface area contributed by atoms with Crippen molar-refractivity contribution in [1.29, 1.82) is 0 Å². The van der Waals surface area contributed by atoms with Crippen molar-refractivity contribution in [2.75, 3.05) is 0 Å². The predicted molar refractivity (Wildman–Crippen MR) is 49.7 cm³/mol. The molecule has 1 radical (unpaired) electrons. The quantitative estimate of drug-likeness (QED) is 0.514. The highest BCUT2D eigenvalue weighted by Gasteiger charge is 2.23. The summed E-state index contributed by atoms with van der Waals surface area (Å²) in [4.78, 5) is 0. The van der Waals surface area contributed by atoms with Gasteiger partial charge in [0.15, 0.2) is 0 Å². The molecule has 0 saturated carbocycles. The van der Waals surface area contributed by atoms with Gasteiger partial charge in [0.05, 0.1) is 0 Å². The number of hydrogen-bond donors (Lipinski definition) is 0. The molecule has 0 N–H and O–H groups in total. The van der Waals surface area contributed by atoms with Crippen LogP contribution < -0.4 is 0 Å². The van der Waals surface area contributed by atoms with Crippen molar-refractivity contribution in [3.05, 3.63) is 0 Å². The molecule has 0 unspecified atom stereocenters. The van der Waals surface area contributed by atoms with Gasteiger partial charge >= 0.3 is 0 Å². The third kappa shape index (κ3) is 4.90. The number of hydrogen-bond acceptors (Lipinski definition) is 0. The predicted octanol–water partition coefficient (Wildman–Crippen LogP) is 3.37. The van der Waals surface area contributed by atoms with Gasteiger partial charge in [-0.2, -0.15) is 0 Å². The molecule has 0 aliphatic rings. The van der Waals surface area contributed by atoms with Crippen LogP contribution in [0.25, 0.3) is 0 Å². The van der Waals surface area contributed by atoms with E-state index in [1.165, 1.54) is 6.42 Å². The summed E-state index contributed by atoms with van der Waals surface area (Å²) >= 11 is 0. The first-order valence-electron chi connectivity index (χ1n) is 4.07. The Morgan fingerprint density at radius 1 is 1.00 bits per heavy atom. The number of rotatable bonds is 2. The van der Waals surface area contributed by atoms with E-state index in [1.807, 2.05) is 0 Å². The molecule has 0 fully saturated rings. The van der Waals surface area contributed by atoms with Crippen molar-refractivity contribution in [2.24, 2.45) is 5.41 Å². The van der Waals surface area contributed by atoms with E-state index in [-0.39, 0.29) is 0 Å². The second-order valence-corrected chi connectivity index (χ2v) is 5.01. The molecule has 0 aromatic heterocycles. The topological polar surface area (TPSA) is 0 Å². The highest BCUT2D eigenvalue weighted by Crippen LogP contribution is 2.37. The summed E-state index contributed by atoms with van der Waals surface area (Å²) in [5.74, 6) is 0. The summed E-state index contributed by atoms with van der Waals surface area (Å²) in [5.41, 5.74) is 0.454. The summed E-state index contributed by atoms with van der Waals surface area (Å²) in [7, 11) is 2.29. The summed E-state index contributed by atoms with van der Waals surface area (Å²) in [6.45, 7) is 13.6. The Hall–Kier alpha value is 0.0649. The van der Waals surface area contributed by atoms with Crippen molar-refractivity contribution in [1.82, 2.24) is 0 Å². The molecule has 0 aliphatic carbocycles. The minimum absolute atomic E-state index is 0.401. The molecular formula is C9H20B. The van der Waals surface area contributed by atoms with Gasteiger partial charge in [-0.25, -0.2) is 0 Å². The average Bonchev–Trinajstić information content (AvgIpc) is 1.60. The van der Waals surface area contributed by atoms with E-state index in [2.05, 4.69) is 48.7 Å². The molecule has 0 rings (SSSR count). The van der Waals surface area contributed by atoms with Gasteiger partial charge in [0.25, 0.3) is 0 Å². The van der Waals surface area contributed by atoms with E-state index in [1.54, 1.807) is 0 Å². The second-order valence-electron chi connectivity index (χ2n) is 5.01. The van der Waals surface area contributed by atoms with Crippen LogP contribution in [0.15, 0.2) is 0 Å². The Morgan fingerprint density at radius 3 is 1.50 bits per heavy atom. The molecule has 10 heavy (non-hydrogen) atoms. The molecule has 0 aromatic rings. The lowest BCUT2D eigenvalue weighted by molar-refractivity contribution is 0.329. The normalized spacial score (nSPS) is 13.4. The van der Waals surface area contributed by atoms with Crippen LogP contribution in [-0.2, 0) is 0 Å². The Kier molecular flexibility index (Phi) is 3.00. The minimum atomic E-state index is 0.401. The first kappa shape index (κ1) is 10.1. The third-order valence-electron chi connectivity index (χ3n) is 1.77. The highest BCUT2D eigenvalue weighted by molar-refractivity contribution is 6.37. The van der Waals surface area contributed by atoms with Crippen molar-refractivity contribution in [3.63, 3.8) is 0 Å². The van der Waals surface area contributed by atoms with Crippen molar-refractivity contribution in [2.45, 2.75) is 53.2 Å². The van der Waals surface area contributed by atoms with Gasteiger partial charge in [0.1, 0.15) is 7.28 Å². The molecule has 0 spiro atoms. The Balaban J connectivity index is 3.89. The first-order chi connectivity index (χ1) is 4.27. The van der Waals surface area contributed by atoms with Gasteiger partial charge in [-0.3, -0.25) is 0 Å². The van der Waals surface area contributed by atoms with Crippen LogP contribution in [0.3, 0.4) is 0 Å². The molecule has 0 heterocycles. The maximum atomic E-state index is 2.29. The fourth-order valence-electron chi connectivity index (χ4n) is 1.47. The third-order valence-corrected chi connectivity index (χ3v) is 1.77. The Labute approximate surface area is 66.6 Å². The lowest BCUT2D eigenvalue weighted by atomic mass is 9.52. The molecule has 0 aliphatic heterocycles. The molecule has 0 aromatic carbocycles. The fourth-order valence-corrected chi connectivity index (χ4v) is 1.47. The van der Waals surface area contributed by atoms with Crippen molar-refractivity contribution < 1.29 is 0 Å². The smallest absolute Gasteiger partial charge is 0.0914 e. The maximum absolute atomic E-state index is 2.29. The minimum Gasteiger partial charge on any atom is -0.0914 e. The zero-order chi connectivity index (χ0) is 8.41. The molecule has 0 atom stereocenters. The van der Waals surface area contributed by atoms with Gasteiger partial charge in [-0.15, -0.1) is 0 Å².